The van der Waals surface area contributed by atoms with Crippen molar-refractivity contribution in [2.45, 2.75) is 12.8 Å². The molecule has 1 fully saturated rings. The number of halogens is 1. The number of pyridine rings is 1. The van der Waals surface area contributed by atoms with E-state index in [1.165, 1.54) is 0 Å². The highest BCUT2D eigenvalue weighted by Crippen LogP contribution is 2.19. The summed E-state index contributed by atoms with van der Waals surface area (Å²) in [6, 6.07) is 3.28. The van der Waals surface area contributed by atoms with E-state index in [0.717, 1.165) is 6.42 Å². The molecule has 1 saturated heterocycles. The van der Waals surface area contributed by atoms with Crippen molar-refractivity contribution in [2.24, 2.45) is 5.92 Å². The first-order valence-electron chi connectivity index (χ1n) is 5.71. The van der Waals surface area contributed by atoms with Crippen molar-refractivity contribution in [2.75, 3.05) is 13.1 Å². The van der Waals surface area contributed by atoms with Crippen LogP contribution in [0.15, 0.2) is 22.9 Å². The van der Waals surface area contributed by atoms with Gasteiger partial charge in [0.2, 0.25) is 0 Å². The third kappa shape index (κ3) is 2.87. The maximum absolute atomic E-state index is 12.2. The number of hydrogen-bond donors (Lipinski definition) is 1. The van der Waals surface area contributed by atoms with Crippen molar-refractivity contribution >= 4 is 27.8 Å². The lowest BCUT2D eigenvalue weighted by Crippen LogP contribution is -2.42. The molecule has 0 aliphatic carbocycles. The number of carboxylic acids is 1. The number of likely N-dealkylation sites (tertiary alicyclic amines) is 1. The Balaban J connectivity index is 2.11. The van der Waals surface area contributed by atoms with E-state index >= 15 is 0 Å². The minimum atomic E-state index is -0.830. The molecule has 0 aromatic carbocycles. The molecule has 96 valence electrons. The molecule has 1 aromatic heterocycles. The van der Waals surface area contributed by atoms with Crippen LogP contribution in [0.2, 0.25) is 0 Å². The van der Waals surface area contributed by atoms with E-state index in [1.807, 2.05) is 0 Å². The summed E-state index contributed by atoms with van der Waals surface area (Å²) in [5.74, 6) is -1.42. The lowest BCUT2D eigenvalue weighted by atomic mass is 9.98. The van der Waals surface area contributed by atoms with Crippen LogP contribution in [-0.4, -0.2) is 40.0 Å². The van der Waals surface area contributed by atoms with Crippen LogP contribution in [0.5, 0.6) is 0 Å². The van der Waals surface area contributed by atoms with Gasteiger partial charge in [0.05, 0.1) is 5.92 Å². The average Bonchev–Trinajstić information content (AvgIpc) is 2.38. The van der Waals surface area contributed by atoms with Crippen LogP contribution in [0.25, 0.3) is 0 Å². The van der Waals surface area contributed by atoms with Crippen LogP contribution in [0.3, 0.4) is 0 Å². The summed E-state index contributed by atoms with van der Waals surface area (Å²) >= 11 is 3.21. The lowest BCUT2D eigenvalue weighted by Gasteiger charge is -2.30. The molecule has 5 nitrogen and oxygen atoms in total. The number of carbonyl (C=O) groups excluding carboxylic acids is 1. The fraction of sp³-hybridized carbons (Fsp3) is 0.417. The van der Waals surface area contributed by atoms with Crippen LogP contribution < -0.4 is 0 Å². The van der Waals surface area contributed by atoms with E-state index in [4.69, 9.17) is 5.11 Å². The Morgan fingerprint density at radius 3 is 2.94 bits per heavy atom. The molecule has 2 rings (SSSR count). The number of carboxylic acid groups (broad SMARTS) is 1. The van der Waals surface area contributed by atoms with Gasteiger partial charge in [-0.1, -0.05) is 0 Å². The van der Waals surface area contributed by atoms with Crippen LogP contribution in [0, 0.1) is 5.92 Å². The first kappa shape index (κ1) is 13.0. The smallest absolute Gasteiger partial charge is 0.308 e. The zero-order valence-corrected chi connectivity index (χ0v) is 11.3. The van der Waals surface area contributed by atoms with Gasteiger partial charge in [-0.2, -0.15) is 0 Å². The third-order valence-electron chi connectivity index (χ3n) is 3.03. The fourth-order valence-electron chi connectivity index (χ4n) is 2.08. The molecule has 0 saturated carbocycles. The van der Waals surface area contributed by atoms with Gasteiger partial charge in [-0.25, -0.2) is 4.98 Å². The van der Waals surface area contributed by atoms with Gasteiger partial charge < -0.3 is 10.0 Å². The molecular weight excluding hydrogens is 300 g/mol. The molecule has 1 amide bonds. The van der Waals surface area contributed by atoms with E-state index in [9.17, 15) is 9.59 Å². The highest BCUT2D eigenvalue weighted by atomic mass is 79.9. The molecule has 1 atom stereocenters. The maximum atomic E-state index is 12.2. The standard InChI is InChI=1S/C12H13BrN2O3/c13-10-6-8(3-4-14-10)11(16)15-5-1-2-9(7-15)12(17)18/h3-4,6,9H,1-2,5,7H2,(H,17,18). The number of rotatable bonds is 2. The summed E-state index contributed by atoms with van der Waals surface area (Å²) in [6.45, 7) is 0.899. The van der Waals surface area contributed by atoms with Gasteiger partial charge in [0.15, 0.2) is 0 Å². The summed E-state index contributed by atoms with van der Waals surface area (Å²) in [4.78, 5) is 28.7. The zero-order chi connectivity index (χ0) is 13.1. The Morgan fingerprint density at radius 1 is 1.50 bits per heavy atom. The summed E-state index contributed by atoms with van der Waals surface area (Å²) in [7, 11) is 0. The second-order valence-electron chi connectivity index (χ2n) is 4.30. The number of piperidine rings is 1. The molecule has 0 bridgehead atoms. The monoisotopic (exact) mass is 312 g/mol. The van der Waals surface area contributed by atoms with Crippen molar-refractivity contribution in [1.29, 1.82) is 0 Å². The van der Waals surface area contributed by atoms with E-state index in [0.29, 0.717) is 23.1 Å². The van der Waals surface area contributed by atoms with E-state index in [2.05, 4.69) is 20.9 Å². The number of nitrogens with zero attached hydrogens (tertiary/aromatic N) is 2. The first-order valence-corrected chi connectivity index (χ1v) is 6.51. The molecule has 1 N–H and O–H groups in total. The van der Waals surface area contributed by atoms with E-state index in [-0.39, 0.29) is 12.5 Å². The summed E-state index contributed by atoms with van der Waals surface area (Å²) in [5.41, 5.74) is 0.530. The molecule has 6 heteroatoms. The molecule has 1 aromatic rings. The molecule has 18 heavy (non-hydrogen) atoms. The second kappa shape index (κ2) is 5.48. The van der Waals surface area contributed by atoms with Gasteiger partial charge in [-0.3, -0.25) is 9.59 Å². The van der Waals surface area contributed by atoms with E-state index < -0.39 is 11.9 Å². The second-order valence-corrected chi connectivity index (χ2v) is 5.11. The Morgan fingerprint density at radius 2 is 2.28 bits per heavy atom. The van der Waals surface area contributed by atoms with Gasteiger partial charge in [-0.15, -0.1) is 0 Å². The Kier molecular flexibility index (Phi) is 3.96. The number of carbonyl (C=O) groups is 2. The Bertz CT molecular complexity index is 478. The van der Waals surface area contributed by atoms with Crippen LogP contribution in [0.1, 0.15) is 23.2 Å². The highest BCUT2D eigenvalue weighted by Gasteiger charge is 2.28. The molecule has 2 heterocycles. The topological polar surface area (TPSA) is 70.5 Å². The van der Waals surface area contributed by atoms with Gasteiger partial charge in [-0.05, 0) is 40.9 Å². The van der Waals surface area contributed by atoms with Gasteiger partial charge >= 0.3 is 5.97 Å². The lowest BCUT2D eigenvalue weighted by molar-refractivity contribution is -0.143. The van der Waals surface area contributed by atoms with Crippen LogP contribution in [0.4, 0.5) is 0 Å². The number of amides is 1. The van der Waals surface area contributed by atoms with Crippen molar-refractivity contribution in [3.05, 3.63) is 28.5 Å². The minimum absolute atomic E-state index is 0.135. The molecule has 0 radical (unpaired) electrons. The third-order valence-corrected chi connectivity index (χ3v) is 3.47. The highest BCUT2D eigenvalue weighted by molar-refractivity contribution is 9.10. The van der Waals surface area contributed by atoms with E-state index in [1.54, 1.807) is 23.2 Å². The zero-order valence-electron chi connectivity index (χ0n) is 9.67. The molecule has 1 aliphatic rings. The predicted molar refractivity (Wildman–Crippen MR) is 68.2 cm³/mol. The van der Waals surface area contributed by atoms with Crippen molar-refractivity contribution in [1.82, 2.24) is 9.88 Å². The number of aromatic nitrogens is 1. The van der Waals surface area contributed by atoms with Gasteiger partial charge in [0, 0.05) is 24.8 Å². The van der Waals surface area contributed by atoms with Crippen LogP contribution >= 0.6 is 15.9 Å². The Hall–Kier alpha value is -1.43. The predicted octanol–water partition coefficient (Wildman–Crippen LogP) is 1.78. The van der Waals surface area contributed by atoms with Gasteiger partial charge in [0.25, 0.3) is 5.91 Å². The largest absolute Gasteiger partial charge is 0.481 e. The summed E-state index contributed by atoms with van der Waals surface area (Å²) in [5, 5.41) is 9.00. The minimum Gasteiger partial charge on any atom is -0.481 e. The normalized spacial score (nSPS) is 19.6. The SMILES string of the molecule is O=C(O)C1CCCN(C(=O)c2ccnc(Br)c2)C1. The number of hydrogen-bond acceptors (Lipinski definition) is 3. The fourth-order valence-corrected chi connectivity index (χ4v) is 2.45. The van der Waals surface area contributed by atoms with Gasteiger partial charge in [0.1, 0.15) is 4.60 Å². The maximum Gasteiger partial charge on any atom is 0.308 e. The molecular formula is C12H13BrN2O3. The molecule has 0 spiro atoms. The Labute approximate surface area is 113 Å². The number of aliphatic carboxylic acids is 1. The van der Waals surface area contributed by atoms with Crippen molar-refractivity contribution < 1.29 is 14.7 Å². The molecule has 1 unspecified atom stereocenters. The first-order chi connectivity index (χ1) is 8.58. The van der Waals surface area contributed by atoms with Crippen LogP contribution in [-0.2, 0) is 4.79 Å². The van der Waals surface area contributed by atoms with Crippen molar-refractivity contribution in [3.63, 3.8) is 0 Å². The summed E-state index contributed by atoms with van der Waals surface area (Å²) < 4.78 is 0.597. The quantitative estimate of drug-likeness (QED) is 0.845. The summed E-state index contributed by atoms with van der Waals surface area (Å²) in [6.07, 6.45) is 2.92. The van der Waals surface area contributed by atoms with Crippen molar-refractivity contribution in [3.8, 4) is 0 Å². The average molecular weight is 313 g/mol. The molecule has 1 aliphatic heterocycles.